The van der Waals surface area contributed by atoms with E-state index < -0.39 is 0 Å². The summed E-state index contributed by atoms with van der Waals surface area (Å²) in [4.78, 5) is 3.04. The van der Waals surface area contributed by atoms with Gasteiger partial charge in [-0.2, -0.15) is 0 Å². The van der Waals surface area contributed by atoms with Gasteiger partial charge in [-0.05, 0) is 10.8 Å². The molecule has 1 aromatic carbocycles. The lowest BCUT2D eigenvalue weighted by atomic mass is 10.2. The molecule has 3 nitrogen and oxygen atoms in total. The van der Waals surface area contributed by atoms with Crippen molar-refractivity contribution >= 4 is 10.8 Å². The lowest BCUT2D eigenvalue weighted by Crippen LogP contribution is -2.02. The molecule has 3 heteroatoms. The molecule has 58 valence electrons. The van der Waals surface area contributed by atoms with E-state index in [1.807, 2.05) is 24.5 Å². The number of H-pyrrole nitrogens is 1. The van der Waals surface area contributed by atoms with Crippen LogP contribution in [0, 0.1) is 0 Å². The van der Waals surface area contributed by atoms with Gasteiger partial charge in [-0.15, -0.1) is 0 Å². The van der Waals surface area contributed by atoms with Gasteiger partial charge in [-0.3, -0.25) is 11.7 Å². The Hall–Kier alpha value is -1.32. The third kappa shape index (κ3) is 1.58. The van der Waals surface area contributed by atoms with Gasteiger partial charge >= 0.3 is 0 Å². The maximum Gasteiger partial charge on any atom is 0.00843 e. The van der Waals surface area contributed by atoms with Crippen molar-refractivity contribution in [2.75, 3.05) is 0 Å². The van der Waals surface area contributed by atoms with E-state index in [0.29, 0.717) is 0 Å². The molecule has 0 aliphatic carbocycles. The van der Waals surface area contributed by atoms with E-state index in [0.717, 1.165) is 0 Å². The second kappa shape index (κ2) is 3.75. The quantitative estimate of drug-likeness (QED) is 0.386. The minimum absolute atomic E-state index is 1.28. The van der Waals surface area contributed by atoms with Crippen molar-refractivity contribution in [3.8, 4) is 0 Å². The van der Waals surface area contributed by atoms with Crippen LogP contribution in [0.1, 0.15) is 0 Å². The number of hydrogen-bond acceptors (Lipinski definition) is 2. The van der Waals surface area contributed by atoms with Gasteiger partial charge < -0.3 is 4.98 Å². The topological polar surface area (TPSA) is 67.8 Å². The van der Waals surface area contributed by atoms with Crippen molar-refractivity contribution in [3.05, 3.63) is 36.7 Å². The number of fused-ring (bicyclic) bond motifs is 1. The van der Waals surface area contributed by atoms with Gasteiger partial charge in [0.05, 0.1) is 0 Å². The third-order valence-electron chi connectivity index (χ3n) is 1.47. The predicted molar refractivity (Wildman–Crippen MR) is 46.7 cm³/mol. The molecule has 1 heterocycles. The van der Waals surface area contributed by atoms with Crippen LogP contribution in [0.2, 0.25) is 0 Å². The Kier molecular flexibility index (Phi) is 2.66. The molecule has 0 aliphatic heterocycles. The van der Waals surface area contributed by atoms with E-state index >= 15 is 0 Å². The molecule has 0 saturated heterocycles. The lowest BCUT2D eigenvalue weighted by Gasteiger charge is -1.81. The number of nitrogens with one attached hydrogen (secondary N) is 1. The van der Waals surface area contributed by atoms with E-state index in [9.17, 15) is 0 Å². The minimum atomic E-state index is 1.28. The van der Waals surface area contributed by atoms with Gasteiger partial charge in [0.1, 0.15) is 0 Å². The molecule has 2 aromatic rings. The first-order chi connectivity index (χ1) is 5.47. The van der Waals surface area contributed by atoms with E-state index in [4.69, 9.17) is 0 Å². The van der Waals surface area contributed by atoms with Crippen LogP contribution in [0.4, 0.5) is 0 Å². The Bertz CT molecular complexity index is 283. The van der Waals surface area contributed by atoms with Crippen molar-refractivity contribution in [3.63, 3.8) is 0 Å². The second-order valence-corrected chi connectivity index (χ2v) is 2.08. The Morgan fingerprint density at radius 2 is 1.36 bits per heavy atom. The Labute approximate surface area is 65.0 Å². The molecule has 0 amide bonds. The summed E-state index contributed by atoms with van der Waals surface area (Å²) in [5.41, 5.74) is 0. The van der Waals surface area contributed by atoms with Gasteiger partial charge in [0.15, 0.2) is 0 Å². The van der Waals surface area contributed by atoms with Gasteiger partial charge in [-0.25, -0.2) is 0 Å². The first-order valence-corrected chi connectivity index (χ1v) is 3.32. The number of rotatable bonds is 0. The largest absolute Gasteiger partial charge is 0.366 e. The summed E-state index contributed by atoms with van der Waals surface area (Å²) in [6.07, 6.45) is 3.99. The number of hydrazine groups is 1. The zero-order valence-corrected chi connectivity index (χ0v) is 6.12. The van der Waals surface area contributed by atoms with Crippen molar-refractivity contribution in [1.82, 2.24) is 4.98 Å². The molecular weight excluding hydrogens is 138 g/mol. The number of hydrogen-bond donors (Lipinski definition) is 3. The smallest absolute Gasteiger partial charge is 0.00843 e. The van der Waals surface area contributed by atoms with Crippen LogP contribution < -0.4 is 11.7 Å². The molecule has 0 atom stereocenters. The molecule has 11 heavy (non-hydrogen) atoms. The van der Waals surface area contributed by atoms with Gasteiger partial charge in [0.2, 0.25) is 0 Å². The summed E-state index contributed by atoms with van der Waals surface area (Å²) in [6, 6.07) is 8.25. The van der Waals surface area contributed by atoms with Gasteiger partial charge in [0, 0.05) is 12.4 Å². The summed E-state index contributed by atoms with van der Waals surface area (Å²) in [7, 11) is 0. The van der Waals surface area contributed by atoms with E-state index in [1.165, 1.54) is 10.8 Å². The number of benzene rings is 1. The van der Waals surface area contributed by atoms with Crippen molar-refractivity contribution in [2.24, 2.45) is 11.7 Å². The maximum atomic E-state index is 4.00. The van der Waals surface area contributed by atoms with Crippen LogP contribution in [-0.4, -0.2) is 4.98 Å². The minimum Gasteiger partial charge on any atom is -0.366 e. The fraction of sp³-hybridized carbons (Fsp3) is 0. The third-order valence-corrected chi connectivity index (χ3v) is 1.47. The zero-order valence-electron chi connectivity index (χ0n) is 6.12. The highest BCUT2D eigenvalue weighted by molar-refractivity contribution is 5.81. The average molecular weight is 149 g/mol. The summed E-state index contributed by atoms with van der Waals surface area (Å²) in [5, 5.41) is 2.55. The van der Waals surface area contributed by atoms with Crippen LogP contribution in [0.5, 0.6) is 0 Å². The number of nitrogens with two attached hydrogens (primary N) is 2. The molecular formula is C8H11N3. The Balaban J connectivity index is 0.000000281. The summed E-state index contributed by atoms with van der Waals surface area (Å²) in [6.45, 7) is 0. The standard InChI is InChI=1S/C8H7N.H4N2/c1-2-4-8-6-9-5-7(8)3-1;1-2/h1-6,9H;1-2H2. The zero-order chi connectivity index (χ0) is 8.10. The maximum absolute atomic E-state index is 4.00. The van der Waals surface area contributed by atoms with Gasteiger partial charge in [-0.1, -0.05) is 24.3 Å². The molecule has 0 bridgehead atoms. The highest BCUT2D eigenvalue weighted by Gasteiger charge is 1.86. The normalized spacial score (nSPS) is 8.91. The first-order valence-electron chi connectivity index (χ1n) is 3.32. The Morgan fingerprint density at radius 3 is 1.82 bits per heavy atom. The molecule has 0 fully saturated rings. The van der Waals surface area contributed by atoms with E-state index in [2.05, 4.69) is 28.8 Å². The van der Waals surface area contributed by atoms with Crippen LogP contribution in [0.25, 0.3) is 10.8 Å². The van der Waals surface area contributed by atoms with Crippen LogP contribution in [-0.2, 0) is 0 Å². The molecule has 0 unspecified atom stereocenters. The molecule has 1 aromatic heterocycles. The summed E-state index contributed by atoms with van der Waals surface area (Å²) < 4.78 is 0. The van der Waals surface area contributed by atoms with Gasteiger partial charge in [0.25, 0.3) is 0 Å². The molecule has 0 radical (unpaired) electrons. The molecule has 0 spiro atoms. The molecule has 0 saturated carbocycles. The summed E-state index contributed by atoms with van der Waals surface area (Å²) in [5.74, 6) is 8.00. The number of aromatic amines is 1. The Morgan fingerprint density at radius 1 is 0.909 bits per heavy atom. The highest BCUT2D eigenvalue weighted by atomic mass is 15.0. The van der Waals surface area contributed by atoms with E-state index in [-0.39, 0.29) is 0 Å². The fourth-order valence-corrected chi connectivity index (χ4v) is 0.995. The SMILES string of the molecule is NN.c1ccc2c[nH]cc2c1. The van der Waals surface area contributed by atoms with Crippen LogP contribution >= 0.6 is 0 Å². The van der Waals surface area contributed by atoms with E-state index in [1.54, 1.807) is 0 Å². The van der Waals surface area contributed by atoms with Crippen molar-refractivity contribution in [1.29, 1.82) is 0 Å². The number of aromatic nitrogens is 1. The monoisotopic (exact) mass is 149 g/mol. The lowest BCUT2D eigenvalue weighted by molar-refractivity contribution is 1.26. The predicted octanol–water partition coefficient (Wildman–Crippen LogP) is 0.987. The fourth-order valence-electron chi connectivity index (χ4n) is 0.995. The first kappa shape index (κ1) is 7.78. The van der Waals surface area contributed by atoms with Crippen molar-refractivity contribution < 1.29 is 0 Å². The van der Waals surface area contributed by atoms with Crippen molar-refractivity contribution in [2.45, 2.75) is 0 Å². The highest BCUT2D eigenvalue weighted by Crippen LogP contribution is 2.10. The summed E-state index contributed by atoms with van der Waals surface area (Å²) >= 11 is 0. The molecule has 0 aliphatic rings. The van der Waals surface area contributed by atoms with Crippen LogP contribution in [0.15, 0.2) is 36.7 Å². The molecule has 2 rings (SSSR count). The van der Waals surface area contributed by atoms with Crippen LogP contribution in [0.3, 0.4) is 0 Å². The average Bonchev–Trinajstić information content (AvgIpc) is 2.55. The molecule has 5 N–H and O–H groups in total. The second-order valence-electron chi connectivity index (χ2n) is 2.08.